The third kappa shape index (κ3) is 2.50. The van der Waals surface area contributed by atoms with Crippen molar-refractivity contribution in [3.05, 3.63) is 70.8 Å². The van der Waals surface area contributed by atoms with Crippen molar-refractivity contribution in [2.45, 2.75) is 6.92 Å². The Kier molecular flexibility index (Phi) is 3.69. The summed E-state index contributed by atoms with van der Waals surface area (Å²) in [6, 6.07) is 14.2. The summed E-state index contributed by atoms with van der Waals surface area (Å²) in [7, 11) is 1.59. The van der Waals surface area contributed by atoms with Crippen LogP contribution in [-0.2, 0) is 0 Å². The molecule has 0 fully saturated rings. The number of aromatic hydroxyl groups is 1. The van der Waals surface area contributed by atoms with Gasteiger partial charge in [-0.25, -0.2) is 4.98 Å². The molecular weight excluding hydrogens is 332 g/mol. The van der Waals surface area contributed by atoms with Crippen LogP contribution in [0, 0.1) is 6.92 Å². The van der Waals surface area contributed by atoms with Gasteiger partial charge in [0, 0.05) is 17.6 Å². The number of hydrogen-bond acceptors (Lipinski definition) is 5. The van der Waals surface area contributed by atoms with Gasteiger partial charge in [0.15, 0.2) is 11.3 Å². The van der Waals surface area contributed by atoms with Gasteiger partial charge in [0.25, 0.3) is 5.56 Å². The molecule has 7 heteroatoms. The summed E-state index contributed by atoms with van der Waals surface area (Å²) in [5.41, 5.74) is 1.32. The number of nitrogens with zero attached hydrogens (tertiary/aromatic N) is 4. The van der Waals surface area contributed by atoms with E-state index in [1.165, 1.54) is 9.25 Å². The molecule has 4 aromatic rings. The maximum atomic E-state index is 12.9. The van der Waals surface area contributed by atoms with Crippen molar-refractivity contribution < 1.29 is 9.84 Å². The van der Waals surface area contributed by atoms with Crippen LogP contribution in [0.4, 0.5) is 0 Å². The Labute approximate surface area is 148 Å². The van der Waals surface area contributed by atoms with Gasteiger partial charge in [0.1, 0.15) is 5.75 Å². The lowest BCUT2D eigenvalue weighted by molar-refractivity contribution is 0.414. The number of pyridine rings is 2. The summed E-state index contributed by atoms with van der Waals surface area (Å²) < 4.78 is 7.89. The molecule has 130 valence electrons. The Morgan fingerprint density at radius 1 is 1.08 bits per heavy atom. The summed E-state index contributed by atoms with van der Waals surface area (Å²) in [5.74, 6) is 1.04. The van der Waals surface area contributed by atoms with E-state index in [1.807, 2.05) is 19.1 Å². The second-order valence-electron chi connectivity index (χ2n) is 5.82. The molecule has 7 nitrogen and oxygen atoms in total. The lowest BCUT2D eigenvalue weighted by Crippen LogP contribution is -2.17. The molecule has 4 rings (SSSR count). The second-order valence-corrected chi connectivity index (χ2v) is 5.82. The van der Waals surface area contributed by atoms with Crippen molar-refractivity contribution in [1.82, 2.24) is 19.3 Å². The first-order valence-corrected chi connectivity index (χ1v) is 8.00. The molecule has 1 aromatic carbocycles. The van der Waals surface area contributed by atoms with Gasteiger partial charge in [-0.3, -0.25) is 9.36 Å². The predicted molar refractivity (Wildman–Crippen MR) is 97.4 cm³/mol. The van der Waals surface area contributed by atoms with Gasteiger partial charge in [0.05, 0.1) is 12.5 Å². The summed E-state index contributed by atoms with van der Waals surface area (Å²) in [6.07, 6.45) is 1.61. The van der Waals surface area contributed by atoms with Crippen molar-refractivity contribution in [3.63, 3.8) is 0 Å². The zero-order valence-electron chi connectivity index (χ0n) is 14.2. The minimum Gasteiger partial charge on any atom is -0.497 e. The number of aromatic nitrogens is 4. The molecule has 0 spiro atoms. The minimum absolute atomic E-state index is 0.114. The van der Waals surface area contributed by atoms with Crippen LogP contribution < -0.4 is 10.3 Å². The highest BCUT2D eigenvalue weighted by molar-refractivity contribution is 5.84. The molecule has 3 aromatic heterocycles. The van der Waals surface area contributed by atoms with Crippen LogP contribution in [0.1, 0.15) is 5.69 Å². The molecule has 0 aliphatic carbocycles. The molecule has 0 unspecified atom stereocenters. The van der Waals surface area contributed by atoms with Gasteiger partial charge >= 0.3 is 0 Å². The smallest absolute Gasteiger partial charge is 0.283 e. The highest BCUT2D eigenvalue weighted by atomic mass is 16.5. The lowest BCUT2D eigenvalue weighted by Gasteiger charge is -2.06. The van der Waals surface area contributed by atoms with E-state index in [-0.39, 0.29) is 17.0 Å². The van der Waals surface area contributed by atoms with E-state index in [2.05, 4.69) is 10.1 Å². The average molecular weight is 348 g/mol. The van der Waals surface area contributed by atoms with Gasteiger partial charge < -0.3 is 9.84 Å². The van der Waals surface area contributed by atoms with Crippen LogP contribution >= 0.6 is 0 Å². The van der Waals surface area contributed by atoms with Gasteiger partial charge in [-0.1, -0.05) is 6.07 Å². The summed E-state index contributed by atoms with van der Waals surface area (Å²) in [5, 5.41) is 15.2. The predicted octanol–water partition coefficient (Wildman–Crippen LogP) is 2.59. The van der Waals surface area contributed by atoms with E-state index in [4.69, 9.17) is 4.74 Å². The van der Waals surface area contributed by atoms with Crippen molar-refractivity contribution in [2.24, 2.45) is 0 Å². The molecule has 0 aliphatic heterocycles. The fourth-order valence-electron chi connectivity index (χ4n) is 2.82. The molecule has 0 bridgehead atoms. The first-order valence-electron chi connectivity index (χ1n) is 8.00. The van der Waals surface area contributed by atoms with Crippen molar-refractivity contribution in [2.75, 3.05) is 7.11 Å². The van der Waals surface area contributed by atoms with Gasteiger partial charge in [-0.05, 0) is 49.4 Å². The number of rotatable bonds is 3. The van der Waals surface area contributed by atoms with Crippen LogP contribution in [0.15, 0.2) is 59.5 Å². The lowest BCUT2D eigenvalue weighted by atomic mass is 10.2. The number of fused-ring (bicyclic) bond motifs is 1. The molecule has 0 saturated carbocycles. The Morgan fingerprint density at radius 2 is 1.85 bits per heavy atom. The first kappa shape index (κ1) is 15.9. The third-order valence-electron chi connectivity index (χ3n) is 4.15. The summed E-state index contributed by atoms with van der Waals surface area (Å²) >= 11 is 0. The van der Waals surface area contributed by atoms with Gasteiger partial charge in [-0.15, -0.1) is 0 Å². The van der Waals surface area contributed by atoms with E-state index < -0.39 is 0 Å². The molecule has 26 heavy (non-hydrogen) atoms. The molecular formula is C19H16N4O3. The minimum atomic E-state index is -0.325. The largest absolute Gasteiger partial charge is 0.497 e. The normalized spacial score (nSPS) is 11.0. The Morgan fingerprint density at radius 3 is 2.54 bits per heavy atom. The van der Waals surface area contributed by atoms with Crippen LogP contribution in [-0.4, -0.2) is 31.5 Å². The van der Waals surface area contributed by atoms with Gasteiger partial charge in [-0.2, -0.15) is 9.78 Å². The van der Waals surface area contributed by atoms with Crippen LogP contribution in [0.3, 0.4) is 0 Å². The van der Waals surface area contributed by atoms with E-state index >= 15 is 0 Å². The number of ether oxygens (including phenoxy) is 1. The molecule has 0 radical (unpaired) electrons. The van der Waals surface area contributed by atoms with E-state index in [0.29, 0.717) is 22.6 Å². The SMILES string of the molecule is COc1ccc(-n2ccc3c(O)n(-c4cccc(C)n4)nc3c2=O)cc1. The monoisotopic (exact) mass is 348 g/mol. The second kappa shape index (κ2) is 6.03. The molecule has 1 N–H and O–H groups in total. The first-order chi connectivity index (χ1) is 12.6. The average Bonchev–Trinajstić information content (AvgIpc) is 3.00. The summed E-state index contributed by atoms with van der Waals surface area (Å²) in [6.45, 7) is 1.85. The van der Waals surface area contributed by atoms with Crippen LogP contribution in [0.5, 0.6) is 11.6 Å². The Balaban J connectivity index is 1.89. The number of benzene rings is 1. The molecule has 3 heterocycles. The number of hydrogen-bond donors (Lipinski definition) is 1. The zero-order chi connectivity index (χ0) is 18.3. The molecule has 0 atom stereocenters. The van der Waals surface area contributed by atoms with E-state index in [9.17, 15) is 9.90 Å². The van der Waals surface area contributed by atoms with E-state index in [0.717, 1.165) is 5.69 Å². The van der Waals surface area contributed by atoms with Crippen molar-refractivity contribution in [3.8, 4) is 23.1 Å². The van der Waals surface area contributed by atoms with Crippen molar-refractivity contribution in [1.29, 1.82) is 0 Å². The standard InChI is InChI=1S/C19H16N4O3/c1-12-4-3-5-16(20-12)23-18(24)15-10-11-22(19(25)17(15)21-23)13-6-8-14(26-2)9-7-13/h3-11,24H,1-2H3. The quantitative estimate of drug-likeness (QED) is 0.615. The third-order valence-corrected chi connectivity index (χ3v) is 4.15. The van der Waals surface area contributed by atoms with Crippen molar-refractivity contribution >= 4 is 10.9 Å². The maximum Gasteiger partial charge on any atom is 0.283 e. The highest BCUT2D eigenvalue weighted by Crippen LogP contribution is 2.25. The van der Waals surface area contributed by atoms with Gasteiger partial charge in [0.2, 0.25) is 5.88 Å². The Bertz CT molecular complexity index is 1160. The molecule has 0 saturated heterocycles. The highest BCUT2D eigenvalue weighted by Gasteiger charge is 2.17. The number of methoxy groups -OCH3 is 1. The Hall–Kier alpha value is -3.61. The van der Waals surface area contributed by atoms with Crippen LogP contribution in [0.2, 0.25) is 0 Å². The fraction of sp³-hybridized carbons (Fsp3) is 0.105. The zero-order valence-corrected chi connectivity index (χ0v) is 14.2. The summed E-state index contributed by atoms with van der Waals surface area (Å²) in [4.78, 5) is 17.2. The van der Waals surface area contributed by atoms with Crippen LogP contribution in [0.25, 0.3) is 22.4 Å². The molecule has 0 amide bonds. The maximum absolute atomic E-state index is 12.9. The number of aryl methyl sites for hydroxylation is 1. The fourth-order valence-corrected chi connectivity index (χ4v) is 2.82. The topological polar surface area (TPSA) is 82.2 Å². The molecule has 0 aliphatic rings. The van der Waals surface area contributed by atoms with E-state index in [1.54, 1.807) is 49.7 Å².